The molecule has 2 saturated heterocycles. The second kappa shape index (κ2) is 6.29. The van der Waals surface area contributed by atoms with Gasteiger partial charge in [-0.3, -0.25) is 0 Å². The van der Waals surface area contributed by atoms with Crippen LogP contribution in [0.25, 0.3) is 10.8 Å². The van der Waals surface area contributed by atoms with E-state index in [0.29, 0.717) is 29.8 Å². The third-order valence-corrected chi connectivity index (χ3v) is 7.75. The van der Waals surface area contributed by atoms with Gasteiger partial charge in [-0.05, 0) is 49.0 Å². The highest BCUT2D eigenvalue weighted by molar-refractivity contribution is 7.89. The van der Waals surface area contributed by atoms with Crippen LogP contribution >= 0.6 is 0 Å². The average molecular weight is 359 g/mol. The Morgan fingerprint density at radius 3 is 2.12 bits per heavy atom. The Morgan fingerprint density at radius 2 is 1.52 bits per heavy atom. The van der Waals surface area contributed by atoms with Crippen molar-refractivity contribution in [2.24, 2.45) is 11.8 Å². The van der Waals surface area contributed by atoms with E-state index in [-0.39, 0.29) is 0 Å². The molecular weight excluding hydrogens is 332 g/mol. The van der Waals surface area contributed by atoms with E-state index >= 15 is 0 Å². The van der Waals surface area contributed by atoms with Crippen LogP contribution in [0.5, 0.6) is 0 Å². The predicted octanol–water partition coefficient (Wildman–Crippen LogP) is 3.72. The second-order valence-electron chi connectivity index (χ2n) is 7.74. The smallest absolute Gasteiger partial charge is 0.245 e. The number of sulfonamides is 1. The van der Waals surface area contributed by atoms with Gasteiger partial charge in [0.05, 0.1) is 5.69 Å². The van der Waals surface area contributed by atoms with Crippen LogP contribution in [0.4, 0.5) is 5.69 Å². The molecule has 0 aromatic heterocycles. The number of anilines is 1. The number of hydrogen-bond donors (Lipinski definition) is 0. The minimum atomic E-state index is -3.52. The molecule has 0 radical (unpaired) electrons. The third-order valence-electron chi connectivity index (χ3n) is 5.83. The molecule has 0 spiro atoms. The molecule has 2 bridgehead atoms. The van der Waals surface area contributed by atoms with Crippen molar-refractivity contribution in [1.29, 1.82) is 0 Å². The molecule has 2 aromatic rings. The van der Waals surface area contributed by atoms with Gasteiger partial charge in [0.1, 0.15) is 4.90 Å². The lowest BCUT2D eigenvalue weighted by molar-refractivity contribution is 0.326. The summed E-state index contributed by atoms with van der Waals surface area (Å²) >= 11 is 0. The van der Waals surface area contributed by atoms with Crippen LogP contribution in [-0.2, 0) is 10.0 Å². The van der Waals surface area contributed by atoms with Gasteiger partial charge in [0.2, 0.25) is 10.0 Å². The zero-order valence-corrected chi connectivity index (χ0v) is 15.8. The zero-order chi connectivity index (χ0) is 17.6. The molecule has 5 rings (SSSR count). The van der Waals surface area contributed by atoms with E-state index in [9.17, 15) is 8.42 Å². The van der Waals surface area contributed by atoms with Gasteiger partial charge in [0.25, 0.3) is 0 Å². The summed E-state index contributed by atoms with van der Waals surface area (Å²) in [5.74, 6) is 1.04. The molecule has 3 aliphatic rings. The van der Waals surface area contributed by atoms with E-state index in [2.05, 4.69) is 0 Å². The van der Waals surface area contributed by atoms with Gasteiger partial charge in [0.15, 0.2) is 0 Å². The Bertz CT molecular complexity index is 870. The fourth-order valence-corrected chi connectivity index (χ4v) is 6.48. The molecule has 2 aromatic carbocycles. The highest BCUT2D eigenvalue weighted by Gasteiger charge is 2.37. The molecule has 5 heteroatoms. The number of hydrogen-bond acceptors (Lipinski definition) is 3. The molecule has 2 heterocycles. The Kier molecular flexibility index (Phi) is 4.24. The number of nitrogens with zero attached hydrogens (tertiary/aromatic N) is 2. The topological polar surface area (TPSA) is 40.6 Å². The minimum absolute atomic E-state index is 0.469. The third kappa shape index (κ3) is 2.93. The molecule has 4 nitrogen and oxygen atoms in total. The van der Waals surface area contributed by atoms with Crippen molar-refractivity contribution in [3.05, 3.63) is 36.4 Å². The van der Waals surface area contributed by atoms with Gasteiger partial charge in [0, 0.05) is 32.6 Å². The van der Waals surface area contributed by atoms with Crippen LogP contribution in [0, 0.1) is 11.8 Å². The quantitative estimate of drug-likeness (QED) is 0.840. The van der Waals surface area contributed by atoms with E-state index in [1.54, 1.807) is 4.31 Å². The monoisotopic (exact) mass is 358 g/mol. The summed E-state index contributed by atoms with van der Waals surface area (Å²) < 4.78 is 29.2. The predicted molar refractivity (Wildman–Crippen MR) is 102 cm³/mol. The Labute approximate surface area is 150 Å². The fraction of sp³-hybridized carbons (Fsp3) is 0.500. The first-order valence-electron chi connectivity index (χ1n) is 9.16. The highest BCUT2D eigenvalue weighted by Crippen LogP contribution is 2.39. The summed E-state index contributed by atoms with van der Waals surface area (Å²) in [6.07, 6.45) is 4.69. The van der Waals surface area contributed by atoms with Crippen molar-refractivity contribution in [3.8, 4) is 0 Å². The first-order chi connectivity index (χ1) is 12.0. The molecule has 1 aliphatic carbocycles. The van der Waals surface area contributed by atoms with Gasteiger partial charge in [-0.2, -0.15) is 4.31 Å². The zero-order valence-electron chi connectivity index (χ0n) is 15.0. The van der Waals surface area contributed by atoms with Crippen LogP contribution < -0.4 is 4.90 Å². The highest BCUT2D eigenvalue weighted by atomic mass is 32.2. The lowest BCUT2D eigenvalue weighted by Crippen LogP contribution is -2.35. The van der Waals surface area contributed by atoms with Gasteiger partial charge < -0.3 is 4.90 Å². The SMILES string of the molecule is CN(C)c1ccc2ccccc2c1S(=O)(=O)N1CC2CCC(CC2)C1. The van der Waals surface area contributed by atoms with Crippen LogP contribution in [-0.4, -0.2) is 39.9 Å². The van der Waals surface area contributed by atoms with E-state index in [4.69, 9.17) is 0 Å². The molecular formula is C20H26N2O2S. The largest absolute Gasteiger partial charge is 0.377 e. The molecule has 0 unspecified atom stereocenters. The van der Waals surface area contributed by atoms with E-state index in [1.807, 2.05) is 55.4 Å². The van der Waals surface area contributed by atoms with Crippen LogP contribution in [0.1, 0.15) is 25.7 Å². The molecule has 2 aliphatic heterocycles. The first kappa shape index (κ1) is 16.9. The summed E-state index contributed by atoms with van der Waals surface area (Å²) in [5, 5.41) is 1.80. The minimum Gasteiger partial charge on any atom is -0.377 e. The average Bonchev–Trinajstić information content (AvgIpc) is 2.95. The van der Waals surface area contributed by atoms with E-state index in [0.717, 1.165) is 16.5 Å². The molecule has 0 N–H and O–H groups in total. The van der Waals surface area contributed by atoms with Crippen molar-refractivity contribution >= 4 is 26.5 Å². The molecule has 25 heavy (non-hydrogen) atoms. The van der Waals surface area contributed by atoms with Crippen molar-refractivity contribution in [1.82, 2.24) is 4.31 Å². The lowest BCUT2D eigenvalue weighted by atomic mass is 9.84. The van der Waals surface area contributed by atoms with Gasteiger partial charge in [-0.25, -0.2) is 8.42 Å². The summed E-state index contributed by atoms with van der Waals surface area (Å²) in [6.45, 7) is 1.35. The standard InChI is InChI=1S/C20H26N2O2S/c1-21(2)19-12-11-17-5-3-4-6-18(17)20(19)25(23,24)22-13-15-7-8-16(14-22)10-9-15/h3-6,11-12,15-16H,7-10,13-14H2,1-2H3. The normalized spacial score (nSPS) is 24.4. The Morgan fingerprint density at radius 1 is 0.920 bits per heavy atom. The van der Waals surface area contributed by atoms with Crippen LogP contribution in [0.2, 0.25) is 0 Å². The lowest BCUT2D eigenvalue weighted by Gasteiger charge is -2.26. The van der Waals surface area contributed by atoms with Gasteiger partial charge in [-0.1, -0.05) is 30.3 Å². The molecule has 1 saturated carbocycles. The molecule has 134 valence electrons. The summed E-state index contributed by atoms with van der Waals surface area (Å²) in [7, 11) is 0.302. The Hall–Kier alpha value is -1.59. The van der Waals surface area contributed by atoms with Crippen LogP contribution in [0.15, 0.2) is 41.3 Å². The van der Waals surface area contributed by atoms with Gasteiger partial charge in [-0.15, -0.1) is 0 Å². The molecule has 0 amide bonds. The maximum absolute atomic E-state index is 13.7. The number of benzene rings is 2. The second-order valence-corrected chi connectivity index (χ2v) is 9.61. The van der Waals surface area contributed by atoms with Gasteiger partial charge >= 0.3 is 0 Å². The maximum atomic E-state index is 13.7. The number of rotatable bonds is 3. The number of fused-ring (bicyclic) bond motifs is 5. The summed E-state index contributed by atoms with van der Waals surface area (Å²) in [4.78, 5) is 2.38. The summed E-state index contributed by atoms with van der Waals surface area (Å²) in [6, 6.07) is 11.7. The van der Waals surface area contributed by atoms with Crippen molar-refractivity contribution in [3.63, 3.8) is 0 Å². The molecule has 3 fully saturated rings. The van der Waals surface area contributed by atoms with Crippen molar-refractivity contribution < 1.29 is 8.42 Å². The van der Waals surface area contributed by atoms with E-state index in [1.165, 1.54) is 25.7 Å². The maximum Gasteiger partial charge on any atom is 0.245 e. The summed E-state index contributed by atoms with van der Waals surface area (Å²) in [5.41, 5.74) is 0.773. The Balaban J connectivity index is 1.88. The van der Waals surface area contributed by atoms with Crippen LogP contribution in [0.3, 0.4) is 0 Å². The first-order valence-corrected chi connectivity index (χ1v) is 10.6. The van der Waals surface area contributed by atoms with Crippen molar-refractivity contribution in [2.45, 2.75) is 30.6 Å². The fourth-order valence-electron chi connectivity index (χ4n) is 4.43. The molecule has 0 atom stereocenters. The van der Waals surface area contributed by atoms with Crippen molar-refractivity contribution in [2.75, 3.05) is 32.1 Å². The van der Waals surface area contributed by atoms with E-state index < -0.39 is 10.0 Å².